The summed E-state index contributed by atoms with van der Waals surface area (Å²) < 4.78 is 4.66. The Hall–Kier alpha value is -2.21. The molecule has 1 heterocycles. The predicted octanol–water partition coefficient (Wildman–Crippen LogP) is 1.60. The summed E-state index contributed by atoms with van der Waals surface area (Å²) in [4.78, 5) is 22.2. The highest BCUT2D eigenvalue weighted by Gasteiger charge is 2.11. The summed E-state index contributed by atoms with van der Waals surface area (Å²) in [5, 5.41) is 0.860. The van der Waals surface area contributed by atoms with E-state index >= 15 is 0 Å². The van der Waals surface area contributed by atoms with Gasteiger partial charge in [-0.05, 0) is 18.7 Å². The molecule has 0 aliphatic heterocycles. The van der Waals surface area contributed by atoms with Crippen molar-refractivity contribution < 1.29 is 9.53 Å². The van der Waals surface area contributed by atoms with E-state index in [1.165, 1.54) is 7.11 Å². The molecule has 21 heavy (non-hydrogen) atoms. The van der Waals surface area contributed by atoms with Crippen LogP contribution in [0.3, 0.4) is 0 Å². The molecule has 0 spiro atoms. The first-order chi connectivity index (χ1) is 10.1. The molecular weight excluding hydrogens is 268 g/mol. The maximum absolute atomic E-state index is 11.2. The first-order valence-electron chi connectivity index (χ1n) is 6.94. The predicted molar refractivity (Wildman–Crippen MR) is 81.5 cm³/mol. The van der Waals surface area contributed by atoms with Gasteiger partial charge in [-0.15, -0.1) is 0 Å². The fourth-order valence-electron chi connectivity index (χ4n) is 2.12. The van der Waals surface area contributed by atoms with Crippen LogP contribution in [0.4, 0.5) is 5.82 Å². The molecule has 6 heteroatoms. The van der Waals surface area contributed by atoms with Gasteiger partial charge in [0.2, 0.25) is 0 Å². The van der Waals surface area contributed by atoms with E-state index < -0.39 is 0 Å². The van der Waals surface area contributed by atoms with Crippen molar-refractivity contribution in [2.24, 2.45) is 0 Å². The second-order valence-electron chi connectivity index (χ2n) is 4.74. The number of ether oxygens (including phenoxy) is 1. The lowest BCUT2D eigenvalue weighted by atomic mass is 10.2. The molecule has 0 fully saturated rings. The Morgan fingerprint density at radius 3 is 2.81 bits per heavy atom. The number of rotatable bonds is 6. The summed E-state index contributed by atoms with van der Waals surface area (Å²) in [6.07, 6.45) is 0.355. The van der Waals surface area contributed by atoms with Gasteiger partial charge < -0.3 is 10.5 Å². The third-order valence-corrected chi connectivity index (χ3v) is 3.35. The standard InChI is InChI=1S/C15H20N4O2/c1-3-19(9-8-14(20)21-2)10-13-17-12-7-5-4-6-11(12)15(16)18-13/h4-7H,3,8-10H2,1-2H3,(H2,16,17,18). The lowest BCUT2D eigenvalue weighted by Gasteiger charge is -2.19. The van der Waals surface area contributed by atoms with Crippen LogP contribution in [0.1, 0.15) is 19.2 Å². The topological polar surface area (TPSA) is 81.3 Å². The van der Waals surface area contributed by atoms with Crippen LogP contribution in [0.5, 0.6) is 0 Å². The van der Waals surface area contributed by atoms with E-state index in [9.17, 15) is 4.79 Å². The summed E-state index contributed by atoms with van der Waals surface area (Å²) in [7, 11) is 1.39. The summed E-state index contributed by atoms with van der Waals surface area (Å²) in [5.74, 6) is 0.935. The van der Waals surface area contributed by atoms with Crippen LogP contribution in [0, 0.1) is 0 Å². The van der Waals surface area contributed by atoms with Crippen LogP contribution in [0.25, 0.3) is 10.9 Å². The van der Waals surface area contributed by atoms with Crippen molar-refractivity contribution in [3.63, 3.8) is 0 Å². The van der Waals surface area contributed by atoms with Gasteiger partial charge in [0.1, 0.15) is 11.6 Å². The molecule has 6 nitrogen and oxygen atoms in total. The van der Waals surface area contributed by atoms with E-state index in [-0.39, 0.29) is 5.97 Å². The van der Waals surface area contributed by atoms with Gasteiger partial charge in [-0.3, -0.25) is 9.69 Å². The zero-order chi connectivity index (χ0) is 15.2. The maximum Gasteiger partial charge on any atom is 0.306 e. The monoisotopic (exact) mass is 288 g/mol. The number of carbonyl (C=O) groups excluding carboxylic acids is 1. The summed E-state index contributed by atoms with van der Waals surface area (Å²) >= 11 is 0. The fraction of sp³-hybridized carbons (Fsp3) is 0.400. The molecule has 0 saturated heterocycles. The highest BCUT2D eigenvalue weighted by molar-refractivity contribution is 5.87. The molecule has 2 rings (SSSR count). The number of hydrogen-bond acceptors (Lipinski definition) is 6. The van der Waals surface area contributed by atoms with Gasteiger partial charge in [-0.1, -0.05) is 19.1 Å². The lowest BCUT2D eigenvalue weighted by molar-refractivity contribution is -0.141. The third kappa shape index (κ3) is 3.88. The van der Waals surface area contributed by atoms with Crippen molar-refractivity contribution in [1.29, 1.82) is 0 Å². The minimum absolute atomic E-state index is 0.215. The van der Waals surface area contributed by atoms with Crippen molar-refractivity contribution in [2.45, 2.75) is 19.9 Å². The molecule has 0 atom stereocenters. The second kappa shape index (κ2) is 6.99. The fourth-order valence-corrected chi connectivity index (χ4v) is 2.12. The van der Waals surface area contributed by atoms with E-state index in [4.69, 9.17) is 5.73 Å². The zero-order valence-corrected chi connectivity index (χ0v) is 12.4. The highest BCUT2D eigenvalue weighted by Crippen LogP contribution is 2.17. The van der Waals surface area contributed by atoms with E-state index in [2.05, 4.69) is 19.6 Å². The largest absolute Gasteiger partial charge is 0.469 e. The minimum atomic E-state index is -0.215. The molecule has 0 amide bonds. The first-order valence-corrected chi connectivity index (χ1v) is 6.94. The van der Waals surface area contributed by atoms with Crippen molar-refractivity contribution >= 4 is 22.7 Å². The third-order valence-electron chi connectivity index (χ3n) is 3.35. The SMILES string of the molecule is CCN(CCC(=O)OC)Cc1nc(N)c2ccccc2n1. The lowest BCUT2D eigenvalue weighted by Crippen LogP contribution is -2.27. The number of carbonyl (C=O) groups is 1. The van der Waals surface area contributed by atoms with Crippen molar-refractivity contribution in [1.82, 2.24) is 14.9 Å². The van der Waals surface area contributed by atoms with E-state index in [1.54, 1.807) is 0 Å². The van der Waals surface area contributed by atoms with Gasteiger partial charge in [0, 0.05) is 11.9 Å². The maximum atomic E-state index is 11.2. The van der Waals surface area contributed by atoms with Gasteiger partial charge in [-0.2, -0.15) is 0 Å². The highest BCUT2D eigenvalue weighted by atomic mass is 16.5. The summed E-state index contributed by atoms with van der Waals surface area (Å²) in [6.45, 7) is 4.00. The number of benzene rings is 1. The number of nitrogen functional groups attached to an aromatic ring is 1. The quantitative estimate of drug-likeness (QED) is 0.813. The number of esters is 1. The number of aromatic nitrogens is 2. The Labute approximate surface area is 123 Å². The van der Waals surface area contributed by atoms with Gasteiger partial charge in [0.05, 0.1) is 25.6 Å². The Morgan fingerprint density at radius 1 is 1.33 bits per heavy atom. The van der Waals surface area contributed by atoms with Crippen LogP contribution in [-0.4, -0.2) is 41.0 Å². The Bertz CT molecular complexity index is 630. The summed E-state index contributed by atoms with van der Waals surface area (Å²) in [6, 6.07) is 7.66. The second-order valence-corrected chi connectivity index (χ2v) is 4.74. The molecule has 0 aliphatic carbocycles. The van der Waals surface area contributed by atoms with Gasteiger partial charge in [-0.25, -0.2) is 9.97 Å². The molecule has 2 N–H and O–H groups in total. The molecule has 0 radical (unpaired) electrons. The smallest absolute Gasteiger partial charge is 0.306 e. The van der Waals surface area contributed by atoms with Crippen molar-refractivity contribution in [3.05, 3.63) is 30.1 Å². The average molecular weight is 288 g/mol. The number of nitrogens with zero attached hydrogens (tertiary/aromatic N) is 3. The number of hydrogen-bond donors (Lipinski definition) is 1. The summed E-state index contributed by atoms with van der Waals surface area (Å²) in [5.41, 5.74) is 6.81. The molecule has 0 aliphatic rings. The van der Waals surface area contributed by atoms with E-state index in [0.29, 0.717) is 31.2 Å². The average Bonchev–Trinajstić information content (AvgIpc) is 2.51. The number of para-hydroxylation sites is 1. The van der Waals surface area contributed by atoms with Crippen LogP contribution >= 0.6 is 0 Å². The first kappa shape index (κ1) is 15.2. The molecule has 1 aromatic heterocycles. The van der Waals surface area contributed by atoms with E-state index in [0.717, 1.165) is 17.4 Å². The number of methoxy groups -OCH3 is 1. The van der Waals surface area contributed by atoms with Crippen LogP contribution < -0.4 is 5.73 Å². The molecule has 112 valence electrons. The number of anilines is 1. The van der Waals surface area contributed by atoms with Crippen molar-refractivity contribution in [2.75, 3.05) is 25.9 Å². The molecular formula is C15H20N4O2. The molecule has 0 bridgehead atoms. The van der Waals surface area contributed by atoms with Crippen LogP contribution in [-0.2, 0) is 16.1 Å². The normalized spacial score (nSPS) is 11.0. The Kier molecular flexibility index (Phi) is 5.05. The van der Waals surface area contributed by atoms with E-state index in [1.807, 2.05) is 31.2 Å². The van der Waals surface area contributed by atoms with Crippen LogP contribution in [0.2, 0.25) is 0 Å². The van der Waals surface area contributed by atoms with Crippen molar-refractivity contribution in [3.8, 4) is 0 Å². The Balaban J connectivity index is 2.12. The number of fused-ring (bicyclic) bond motifs is 1. The van der Waals surface area contributed by atoms with Gasteiger partial charge in [0.25, 0.3) is 0 Å². The molecule has 0 unspecified atom stereocenters. The van der Waals surface area contributed by atoms with Gasteiger partial charge >= 0.3 is 5.97 Å². The van der Waals surface area contributed by atoms with Crippen LogP contribution in [0.15, 0.2) is 24.3 Å². The zero-order valence-electron chi connectivity index (χ0n) is 12.4. The van der Waals surface area contributed by atoms with Gasteiger partial charge in [0.15, 0.2) is 0 Å². The Morgan fingerprint density at radius 2 is 2.10 bits per heavy atom. The molecule has 2 aromatic rings. The molecule has 0 saturated carbocycles. The number of nitrogens with two attached hydrogens (primary N) is 1. The minimum Gasteiger partial charge on any atom is -0.469 e. The molecule has 1 aromatic carbocycles.